The average molecular weight is 665 g/mol. The molecule has 3 aliphatic heterocycles. The van der Waals surface area contributed by atoms with Crippen LogP contribution in [0.25, 0.3) is 0 Å². The van der Waals surface area contributed by atoms with Crippen LogP contribution in [0.3, 0.4) is 0 Å². The molecule has 0 saturated carbocycles. The molecule has 0 aromatic heterocycles. The highest BCUT2D eigenvalue weighted by atomic mass is 16.8. The molecule has 4 aromatic carbocycles. The largest absolute Gasteiger partial charge is 0.491 e. The Kier molecular flexibility index (Phi) is 8.66. The van der Waals surface area contributed by atoms with E-state index in [0.29, 0.717) is 13.2 Å². The molecule has 0 spiro atoms. The first-order valence-electron chi connectivity index (χ1n) is 17.3. The van der Waals surface area contributed by atoms with Crippen molar-refractivity contribution >= 4 is 0 Å². The van der Waals surface area contributed by atoms with E-state index in [1.54, 1.807) is 0 Å². The van der Waals surface area contributed by atoms with Crippen LogP contribution in [0.4, 0.5) is 0 Å². The van der Waals surface area contributed by atoms with Gasteiger partial charge in [-0.25, -0.2) is 0 Å². The van der Waals surface area contributed by atoms with Gasteiger partial charge < -0.3 is 33.2 Å². The van der Waals surface area contributed by atoms with Crippen molar-refractivity contribution in [1.29, 1.82) is 0 Å². The highest BCUT2D eigenvalue weighted by Gasteiger charge is 2.56. The van der Waals surface area contributed by atoms with Gasteiger partial charge in [0.25, 0.3) is 0 Å². The fourth-order valence-electron chi connectivity index (χ4n) is 6.25. The topological polar surface area (TPSA) is 74.5 Å². The summed E-state index contributed by atoms with van der Waals surface area (Å²) in [4.78, 5) is 0. The predicted octanol–water partition coefficient (Wildman–Crippen LogP) is 8.25. The predicted molar refractivity (Wildman–Crippen MR) is 189 cm³/mol. The zero-order chi connectivity index (χ0) is 34.4. The summed E-state index contributed by atoms with van der Waals surface area (Å²) in [7, 11) is 0. The lowest BCUT2D eigenvalue weighted by Crippen LogP contribution is -2.34. The third-order valence-corrected chi connectivity index (χ3v) is 10.3. The number of benzene rings is 4. The van der Waals surface area contributed by atoms with Gasteiger partial charge in [-0.3, -0.25) is 0 Å². The van der Waals surface area contributed by atoms with Gasteiger partial charge in [-0.05, 0) is 84.6 Å². The summed E-state index contributed by atoms with van der Waals surface area (Å²) >= 11 is 0. The second-order valence-electron chi connectivity index (χ2n) is 15.2. The van der Waals surface area contributed by atoms with Crippen LogP contribution in [0.1, 0.15) is 70.7 Å². The molecule has 0 aliphatic carbocycles. The highest BCUT2D eigenvalue weighted by Crippen LogP contribution is 2.40. The molecule has 49 heavy (non-hydrogen) atoms. The van der Waals surface area contributed by atoms with Crippen molar-refractivity contribution in [3.05, 3.63) is 119 Å². The molecule has 0 bridgehead atoms. The Morgan fingerprint density at radius 1 is 0.571 bits per heavy atom. The Hall–Kier alpha value is -4.04. The first-order chi connectivity index (χ1) is 23.3. The van der Waals surface area contributed by atoms with Crippen molar-refractivity contribution in [3.63, 3.8) is 0 Å². The lowest BCUT2D eigenvalue weighted by atomic mass is 9.78. The quantitative estimate of drug-likeness (QED) is 0.119. The maximum absolute atomic E-state index is 6.27. The SMILES string of the molecule is CC(C)(c1ccc(OCC2OC2(C)Oc2ccc(C(C)(C)c3ccc(OCC4CO4)cc3)cc2)cc1)c1ccc(OC(C)(C)C2CO2)cc1. The molecule has 4 aromatic rings. The summed E-state index contributed by atoms with van der Waals surface area (Å²) < 4.78 is 41.0. The van der Waals surface area contributed by atoms with E-state index in [1.807, 2.05) is 55.5 Å². The summed E-state index contributed by atoms with van der Waals surface area (Å²) in [6.07, 6.45) is 0.248. The Balaban J connectivity index is 0.896. The molecular weight excluding hydrogens is 616 g/mol. The molecule has 3 aliphatic rings. The van der Waals surface area contributed by atoms with E-state index in [0.717, 1.165) is 36.2 Å². The van der Waals surface area contributed by atoms with Gasteiger partial charge in [0, 0.05) is 17.8 Å². The third-order valence-electron chi connectivity index (χ3n) is 10.3. The first kappa shape index (κ1) is 33.5. The van der Waals surface area contributed by atoms with E-state index in [1.165, 1.54) is 22.3 Å². The van der Waals surface area contributed by atoms with E-state index < -0.39 is 5.79 Å². The highest BCUT2D eigenvalue weighted by molar-refractivity contribution is 5.43. The molecule has 0 N–H and O–H groups in total. The van der Waals surface area contributed by atoms with Crippen molar-refractivity contribution in [2.75, 3.05) is 26.4 Å². The minimum absolute atomic E-state index is 0.163. The van der Waals surface area contributed by atoms with Crippen LogP contribution in [0.2, 0.25) is 0 Å². The molecule has 4 atom stereocenters. The molecule has 258 valence electrons. The Morgan fingerprint density at radius 3 is 1.41 bits per heavy atom. The summed E-state index contributed by atoms with van der Waals surface area (Å²) in [6.45, 7) is 17.6. The van der Waals surface area contributed by atoms with Crippen LogP contribution in [-0.2, 0) is 25.0 Å². The molecule has 3 heterocycles. The smallest absolute Gasteiger partial charge is 0.238 e. The molecule has 0 amide bonds. The first-order valence-corrected chi connectivity index (χ1v) is 17.3. The molecule has 7 rings (SSSR count). The molecule has 3 saturated heterocycles. The van der Waals surface area contributed by atoms with Crippen LogP contribution in [0.5, 0.6) is 23.0 Å². The van der Waals surface area contributed by atoms with Gasteiger partial charge in [0.05, 0.1) is 13.2 Å². The minimum atomic E-state index is -0.725. The number of epoxide rings is 3. The van der Waals surface area contributed by atoms with Crippen molar-refractivity contribution in [2.45, 2.75) is 89.0 Å². The van der Waals surface area contributed by atoms with Gasteiger partial charge in [0.1, 0.15) is 54.0 Å². The standard InChI is InChI=1S/C42H48O7/c1-39(2,30-12-20-34(21-13-30)47-41(5,6)37-26-46-37)29-10-18-33(19-11-29)45-27-38-42(7,49-38)48-35-22-14-31(15-23-35)40(3,4)28-8-16-32(17-9-28)43-24-36-25-44-36/h8-23,36-38H,24-27H2,1-7H3. The number of ether oxygens (including phenoxy) is 7. The Morgan fingerprint density at radius 2 is 0.980 bits per heavy atom. The molecule has 7 nitrogen and oxygen atoms in total. The lowest BCUT2D eigenvalue weighted by Gasteiger charge is -2.28. The monoisotopic (exact) mass is 664 g/mol. The second kappa shape index (κ2) is 12.7. The van der Waals surface area contributed by atoms with E-state index in [4.69, 9.17) is 33.2 Å². The zero-order valence-corrected chi connectivity index (χ0v) is 29.7. The maximum Gasteiger partial charge on any atom is 0.238 e. The van der Waals surface area contributed by atoms with Crippen molar-refractivity contribution in [1.82, 2.24) is 0 Å². The second-order valence-corrected chi connectivity index (χ2v) is 15.2. The van der Waals surface area contributed by atoms with E-state index in [9.17, 15) is 0 Å². The number of rotatable bonds is 15. The number of hydrogen-bond donors (Lipinski definition) is 0. The van der Waals surface area contributed by atoms with Gasteiger partial charge in [-0.15, -0.1) is 0 Å². The number of hydrogen-bond acceptors (Lipinski definition) is 7. The lowest BCUT2D eigenvalue weighted by molar-refractivity contribution is 0.0744. The van der Waals surface area contributed by atoms with Gasteiger partial charge in [0.15, 0.2) is 6.10 Å². The normalized spacial score (nSPS) is 23.0. The minimum Gasteiger partial charge on any atom is -0.491 e. The van der Waals surface area contributed by atoms with Crippen LogP contribution in [-0.4, -0.2) is 56.1 Å². The van der Waals surface area contributed by atoms with Gasteiger partial charge in [-0.1, -0.05) is 76.2 Å². The van der Waals surface area contributed by atoms with E-state index in [2.05, 4.69) is 90.1 Å². The maximum atomic E-state index is 6.27. The molecule has 7 heteroatoms. The van der Waals surface area contributed by atoms with Gasteiger partial charge in [0.2, 0.25) is 5.79 Å². The fourth-order valence-corrected chi connectivity index (χ4v) is 6.25. The third kappa shape index (κ3) is 7.59. The van der Waals surface area contributed by atoms with Crippen LogP contribution >= 0.6 is 0 Å². The van der Waals surface area contributed by atoms with Gasteiger partial charge in [-0.2, -0.15) is 0 Å². The van der Waals surface area contributed by atoms with Crippen LogP contribution < -0.4 is 18.9 Å². The molecule has 4 unspecified atom stereocenters. The molecular formula is C42H48O7. The van der Waals surface area contributed by atoms with Crippen molar-refractivity contribution in [2.24, 2.45) is 0 Å². The van der Waals surface area contributed by atoms with Crippen LogP contribution in [0, 0.1) is 0 Å². The molecule has 3 fully saturated rings. The summed E-state index contributed by atoms with van der Waals surface area (Å²) in [5.41, 5.74) is 4.13. The van der Waals surface area contributed by atoms with E-state index in [-0.39, 0.29) is 34.7 Å². The van der Waals surface area contributed by atoms with E-state index >= 15 is 0 Å². The summed E-state index contributed by atoms with van der Waals surface area (Å²) in [5.74, 6) is 2.56. The van der Waals surface area contributed by atoms with Crippen molar-refractivity contribution in [3.8, 4) is 23.0 Å². The molecule has 0 radical (unpaired) electrons. The average Bonchev–Trinajstić information content (AvgIpc) is 3.96. The fraction of sp³-hybridized carbons (Fsp3) is 0.429. The summed E-state index contributed by atoms with van der Waals surface area (Å²) in [6, 6.07) is 33.3. The van der Waals surface area contributed by atoms with Gasteiger partial charge >= 0.3 is 0 Å². The van der Waals surface area contributed by atoms with Crippen molar-refractivity contribution < 1.29 is 33.2 Å². The Labute approximate surface area is 290 Å². The Bertz CT molecular complexity index is 1720. The zero-order valence-electron chi connectivity index (χ0n) is 29.7. The summed E-state index contributed by atoms with van der Waals surface area (Å²) in [5, 5.41) is 0. The van der Waals surface area contributed by atoms with Crippen LogP contribution in [0.15, 0.2) is 97.1 Å².